The standard InChI is InChI=1S/C14H15NO2/c1-2-9-17-14(16)8-7-12-10-11-5-3-4-6-13(11)15-12/h2-6,10,15H,1,7-9H2. The highest BCUT2D eigenvalue weighted by atomic mass is 16.5. The Bertz CT molecular complexity index is 495. The van der Waals surface area contributed by atoms with E-state index >= 15 is 0 Å². The molecule has 88 valence electrons. The fourth-order valence-electron chi connectivity index (χ4n) is 1.73. The van der Waals surface area contributed by atoms with E-state index in [0.717, 1.165) is 11.2 Å². The van der Waals surface area contributed by atoms with Crippen LogP contribution in [-0.2, 0) is 16.0 Å². The molecule has 0 aliphatic rings. The van der Waals surface area contributed by atoms with Crippen molar-refractivity contribution < 1.29 is 9.53 Å². The number of hydrogen-bond acceptors (Lipinski definition) is 2. The van der Waals surface area contributed by atoms with Gasteiger partial charge in [-0.2, -0.15) is 0 Å². The van der Waals surface area contributed by atoms with Crippen molar-refractivity contribution in [3.05, 3.63) is 48.7 Å². The van der Waals surface area contributed by atoms with Crippen molar-refractivity contribution in [3.63, 3.8) is 0 Å². The average Bonchev–Trinajstić information content (AvgIpc) is 2.76. The molecule has 3 nitrogen and oxygen atoms in total. The minimum atomic E-state index is -0.191. The number of fused-ring (bicyclic) bond motifs is 1. The maximum Gasteiger partial charge on any atom is 0.306 e. The molecule has 0 aliphatic heterocycles. The maximum atomic E-state index is 11.3. The number of aryl methyl sites for hydroxylation is 1. The zero-order valence-corrected chi connectivity index (χ0v) is 9.61. The Morgan fingerprint density at radius 1 is 1.41 bits per heavy atom. The summed E-state index contributed by atoms with van der Waals surface area (Å²) in [6, 6.07) is 10.1. The third kappa shape index (κ3) is 2.97. The van der Waals surface area contributed by atoms with Gasteiger partial charge in [-0.05, 0) is 23.9 Å². The number of nitrogens with one attached hydrogen (secondary N) is 1. The van der Waals surface area contributed by atoms with Gasteiger partial charge in [0.25, 0.3) is 0 Å². The van der Waals surface area contributed by atoms with E-state index < -0.39 is 0 Å². The number of H-pyrrole nitrogens is 1. The SMILES string of the molecule is C=CCOC(=O)CCc1cc2ccccc2[nH]1. The summed E-state index contributed by atoms with van der Waals surface area (Å²) in [5, 5.41) is 1.17. The van der Waals surface area contributed by atoms with Crippen LogP contribution in [0.4, 0.5) is 0 Å². The largest absolute Gasteiger partial charge is 0.461 e. The fourth-order valence-corrected chi connectivity index (χ4v) is 1.73. The van der Waals surface area contributed by atoms with Crippen molar-refractivity contribution in [1.82, 2.24) is 4.98 Å². The number of rotatable bonds is 5. The molecule has 1 N–H and O–H groups in total. The lowest BCUT2D eigenvalue weighted by atomic mass is 10.2. The third-order valence-corrected chi connectivity index (χ3v) is 2.55. The Morgan fingerprint density at radius 2 is 2.24 bits per heavy atom. The third-order valence-electron chi connectivity index (χ3n) is 2.55. The highest BCUT2D eigenvalue weighted by Gasteiger charge is 2.05. The van der Waals surface area contributed by atoms with E-state index in [1.54, 1.807) is 6.08 Å². The Hall–Kier alpha value is -2.03. The van der Waals surface area contributed by atoms with Gasteiger partial charge in [-0.3, -0.25) is 4.79 Å². The van der Waals surface area contributed by atoms with Crippen LogP contribution in [0.25, 0.3) is 10.9 Å². The number of ether oxygens (including phenoxy) is 1. The molecule has 0 radical (unpaired) electrons. The van der Waals surface area contributed by atoms with Gasteiger partial charge in [0.15, 0.2) is 0 Å². The first-order valence-corrected chi connectivity index (χ1v) is 5.63. The molecule has 1 heterocycles. The normalized spacial score (nSPS) is 10.4. The molecule has 0 aliphatic carbocycles. The summed E-state index contributed by atoms with van der Waals surface area (Å²) in [4.78, 5) is 14.6. The molecule has 0 amide bonds. The first-order chi connectivity index (χ1) is 8.29. The lowest BCUT2D eigenvalue weighted by Crippen LogP contribution is -2.05. The molecular weight excluding hydrogens is 214 g/mol. The van der Waals surface area contributed by atoms with E-state index in [1.807, 2.05) is 24.3 Å². The lowest BCUT2D eigenvalue weighted by Gasteiger charge is -2.00. The summed E-state index contributed by atoms with van der Waals surface area (Å²) in [6.07, 6.45) is 2.63. The Kier molecular flexibility index (Phi) is 3.60. The molecule has 2 rings (SSSR count). The van der Waals surface area contributed by atoms with Gasteiger partial charge in [-0.15, -0.1) is 0 Å². The minimum absolute atomic E-state index is 0.191. The van der Waals surface area contributed by atoms with Crippen LogP contribution in [0.3, 0.4) is 0 Å². The Balaban J connectivity index is 1.94. The van der Waals surface area contributed by atoms with E-state index in [4.69, 9.17) is 4.74 Å². The van der Waals surface area contributed by atoms with E-state index in [-0.39, 0.29) is 12.6 Å². The number of para-hydroxylation sites is 1. The molecule has 0 saturated heterocycles. The molecule has 17 heavy (non-hydrogen) atoms. The van der Waals surface area contributed by atoms with Gasteiger partial charge in [-0.25, -0.2) is 0 Å². The van der Waals surface area contributed by atoms with Crippen molar-refractivity contribution in [1.29, 1.82) is 0 Å². The molecule has 2 aromatic rings. The summed E-state index contributed by atoms with van der Waals surface area (Å²) < 4.78 is 4.92. The van der Waals surface area contributed by atoms with Gasteiger partial charge < -0.3 is 9.72 Å². The Labute approximate surface area is 100 Å². The number of carbonyl (C=O) groups excluding carboxylic acids is 1. The maximum absolute atomic E-state index is 11.3. The van der Waals surface area contributed by atoms with Crippen molar-refractivity contribution in [2.45, 2.75) is 12.8 Å². The fraction of sp³-hybridized carbons (Fsp3) is 0.214. The summed E-state index contributed by atoms with van der Waals surface area (Å²) >= 11 is 0. The second-order valence-electron chi connectivity index (χ2n) is 3.85. The highest BCUT2D eigenvalue weighted by molar-refractivity contribution is 5.80. The van der Waals surface area contributed by atoms with Crippen LogP contribution in [0.15, 0.2) is 43.0 Å². The first kappa shape index (κ1) is 11.5. The first-order valence-electron chi connectivity index (χ1n) is 5.63. The Morgan fingerprint density at radius 3 is 3.00 bits per heavy atom. The number of aromatic amines is 1. The summed E-state index contributed by atoms with van der Waals surface area (Å²) in [6.45, 7) is 3.78. The molecule has 0 spiro atoms. The van der Waals surface area contributed by atoms with Gasteiger partial charge in [-0.1, -0.05) is 30.9 Å². The molecular formula is C14H15NO2. The smallest absolute Gasteiger partial charge is 0.306 e. The van der Waals surface area contributed by atoms with Crippen molar-refractivity contribution in [3.8, 4) is 0 Å². The zero-order valence-electron chi connectivity index (χ0n) is 9.61. The zero-order chi connectivity index (χ0) is 12.1. The van der Waals surface area contributed by atoms with Crippen LogP contribution < -0.4 is 0 Å². The van der Waals surface area contributed by atoms with Crippen LogP contribution in [0.1, 0.15) is 12.1 Å². The second-order valence-corrected chi connectivity index (χ2v) is 3.85. The van der Waals surface area contributed by atoms with Crippen molar-refractivity contribution in [2.24, 2.45) is 0 Å². The van der Waals surface area contributed by atoms with Crippen LogP contribution >= 0.6 is 0 Å². The molecule has 0 bridgehead atoms. The monoisotopic (exact) mass is 229 g/mol. The van der Waals surface area contributed by atoms with Crippen LogP contribution in [-0.4, -0.2) is 17.6 Å². The van der Waals surface area contributed by atoms with Gasteiger partial charge in [0, 0.05) is 11.2 Å². The van der Waals surface area contributed by atoms with Gasteiger partial charge >= 0.3 is 5.97 Å². The number of esters is 1. The molecule has 1 aromatic heterocycles. The number of hydrogen-bond donors (Lipinski definition) is 1. The molecule has 0 fully saturated rings. The van der Waals surface area contributed by atoms with Gasteiger partial charge in [0.1, 0.15) is 6.61 Å². The van der Waals surface area contributed by atoms with E-state index in [1.165, 1.54) is 5.39 Å². The van der Waals surface area contributed by atoms with Gasteiger partial charge in [0.05, 0.1) is 6.42 Å². The van der Waals surface area contributed by atoms with E-state index in [9.17, 15) is 4.79 Å². The average molecular weight is 229 g/mol. The minimum Gasteiger partial charge on any atom is -0.461 e. The van der Waals surface area contributed by atoms with Gasteiger partial charge in [0.2, 0.25) is 0 Å². The summed E-state index contributed by atoms with van der Waals surface area (Å²) in [7, 11) is 0. The van der Waals surface area contributed by atoms with Crippen LogP contribution in [0, 0.1) is 0 Å². The number of benzene rings is 1. The van der Waals surface area contributed by atoms with Crippen LogP contribution in [0.2, 0.25) is 0 Å². The molecule has 0 unspecified atom stereocenters. The predicted octanol–water partition coefficient (Wildman–Crippen LogP) is 2.83. The van der Waals surface area contributed by atoms with Crippen molar-refractivity contribution in [2.75, 3.05) is 6.61 Å². The quantitative estimate of drug-likeness (QED) is 0.632. The van der Waals surface area contributed by atoms with Crippen molar-refractivity contribution >= 4 is 16.9 Å². The lowest BCUT2D eigenvalue weighted by molar-refractivity contribution is -0.142. The molecule has 1 aromatic carbocycles. The number of carbonyl (C=O) groups is 1. The molecule has 0 saturated carbocycles. The highest BCUT2D eigenvalue weighted by Crippen LogP contribution is 2.15. The summed E-state index contributed by atoms with van der Waals surface area (Å²) in [5.74, 6) is -0.191. The predicted molar refractivity (Wildman–Crippen MR) is 67.8 cm³/mol. The topological polar surface area (TPSA) is 42.1 Å². The number of aromatic nitrogens is 1. The summed E-state index contributed by atoms with van der Waals surface area (Å²) in [5.41, 5.74) is 2.16. The second kappa shape index (κ2) is 5.34. The van der Waals surface area contributed by atoms with E-state index in [0.29, 0.717) is 12.8 Å². The molecule has 0 atom stereocenters. The molecule has 3 heteroatoms. The van der Waals surface area contributed by atoms with Crippen LogP contribution in [0.5, 0.6) is 0 Å². The van der Waals surface area contributed by atoms with E-state index in [2.05, 4.69) is 17.6 Å².